The molecule has 0 saturated heterocycles. The highest BCUT2D eigenvalue weighted by Crippen LogP contribution is 2.31. The lowest BCUT2D eigenvalue weighted by atomic mass is 10.1. The molecule has 2 rings (SSSR count). The number of ether oxygens (including phenoxy) is 1. The lowest BCUT2D eigenvalue weighted by Crippen LogP contribution is -2.14. The average Bonchev–Trinajstić information content (AvgIpc) is 2.45. The van der Waals surface area contributed by atoms with E-state index in [4.69, 9.17) is 16.3 Å². The van der Waals surface area contributed by atoms with Gasteiger partial charge in [0.25, 0.3) is 5.91 Å². The fraction of sp³-hybridized carbons (Fsp3) is 0.188. The Balaban J connectivity index is 2.35. The molecule has 0 aliphatic heterocycles. The quantitative estimate of drug-likeness (QED) is 0.816. The molecule has 21 heavy (non-hydrogen) atoms. The molecule has 0 bridgehead atoms. The highest BCUT2D eigenvalue weighted by Gasteiger charge is 2.13. The predicted molar refractivity (Wildman–Crippen MR) is 89.1 cm³/mol. The van der Waals surface area contributed by atoms with Gasteiger partial charge in [-0.15, -0.1) is 12.6 Å². The number of carbonyl (C=O) groups is 1. The maximum absolute atomic E-state index is 12.4. The Morgan fingerprint density at radius 3 is 2.57 bits per heavy atom. The fourth-order valence-electron chi connectivity index (χ4n) is 1.97. The van der Waals surface area contributed by atoms with E-state index < -0.39 is 0 Å². The van der Waals surface area contributed by atoms with Gasteiger partial charge < -0.3 is 10.1 Å². The van der Waals surface area contributed by atoms with E-state index in [9.17, 15) is 4.79 Å². The summed E-state index contributed by atoms with van der Waals surface area (Å²) in [5, 5.41) is 3.45. The number of nitrogens with one attached hydrogen (secondary N) is 1. The Morgan fingerprint density at radius 1 is 1.19 bits per heavy atom. The third-order valence-corrected chi connectivity index (χ3v) is 3.88. The first-order valence-corrected chi connectivity index (χ1v) is 7.20. The van der Waals surface area contributed by atoms with Gasteiger partial charge in [0.15, 0.2) is 0 Å². The van der Waals surface area contributed by atoms with Crippen LogP contribution < -0.4 is 10.1 Å². The molecule has 2 aromatic carbocycles. The Hall–Kier alpha value is -1.65. The number of methoxy groups -OCH3 is 1. The molecule has 0 atom stereocenters. The van der Waals surface area contributed by atoms with Crippen LogP contribution in [0.4, 0.5) is 5.69 Å². The molecule has 0 unspecified atom stereocenters. The van der Waals surface area contributed by atoms with E-state index in [1.807, 2.05) is 26.0 Å². The zero-order chi connectivity index (χ0) is 15.6. The number of aryl methyl sites for hydroxylation is 2. The monoisotopic (exact) mass is 321 g/mol. The Labute approximate surface area is 134 Å². The molecule has 1 N–H and O–H groups in total. The Kier molecular flexibility index (Phi) is 4.80. The largest absolute Gasteiger partial charge is 0.495 e. The van der Waals surface area contributed by atoms with Crippen LogP contribution in [0.25, 0.3) is 0 Å². The molecule has 0 heterocycles. The van der Waals surface area contributed by atoms with Crippen LogP contribution in [0.5, 0.6) is 5.75 Å². The molecule has 5 heteroatoms. The number of halogens is 1. The average molecular weight is 322 g/mol. The highest BCUT2D eigenvalue weighted by molar-refractivity contribution is 7.80. The van der Waals surface area contributed by atoms with Gasteiger partial charge in [-0.05, 0) is 43.2 Å². The third-order valence-electron chi connectivity index (χ3n) is 3.19. The van der Waals surface area contributed by atoms with Crippen molar-refractivity contribution in [3.8, 4) is 5.75 Å². The van der Waals surface area contributed by atoms with E-state index >= 15 is 0 Å². The minimum Gasteiger partial charge on any atom is -0.495 e. The van der Waals surface area contributed by atoms with Crippen molar-refractivity contribution in [2.45, 2.75) is 18.7 Å². The maximum atomic E-state index is 12.4. The van der Waals surface area contributed by atoms with Crippen LogP contribution in [0.15, 0.2) is 35.2 Å². The molecule has 0 aliphatic rings. The smallest absolute Gasteiger partial charge is 0.256 e. The SMILES string of the molecule is COc1cc(Cl)c(C)cc1NC(=O)c1cc(S)ccc1C. The number of benzene rings is 2. The topological polar surface area (TPSA) is 38.3 Å². The minimum absolute atomic E-state index is 0.205. The van der Waals surface area contributed by atoms with E-state index in [1.165, 1.54) is 7.11 Å². The molecule has 0 spiro atoms. The van der Waals surface area contributed by atoms with E-state index in [2.05, 4.69) is 17.9 Å². The van der Waals surface area contributed by atoms with Gasteiger partial charge in [-0.1, -0.05) is 17.7 Å². The van der Waals surface area contributed by atoms with E-state index in [1.54, 1.807) is 18.2 Å². The minimum atomic E-state index is -0.205. The molecule has 0 aromatic heterocycles. The second kappa shape index (κ2) is 6.41. The second-order valence-electron chi connectivity index (χ2n) is 4.76. The lowest BCUT2D eigenvalue weighted by molar-refractivity contribution is 0.102. The van der Waals surface area contributed by atoms with Crippen molar-refractivity contribution < 1.29 is 9.53 Å². The number of carbonyl (C=O) groups excluding carboxylic acids is 1. The van der Waals surface area contributed by atoms with Crippen molar-refractivity contribution in [1.82, 2.24) is 0 Å². The van der Waals surface area contributed by atoms with Crippen LogP contribution in [-0.2, 0) is 0 Å². The van der Waals surface area contributed by atoms with Gasteiger partial charge in [0.1, 0.15) is 5.75 Å². The van der Waals surface area contributed by atoms with Crippen molar-refractivity contribution >= 4 is 35.8 Å². The van der Waals surface area contributed by atoms with Gasteiger partial charge in [-0.3, -0.25) is 4.79 Å². The fourth-order valence-corrected chi connectivity index (χ4v) is 2.33. The molecular weight excluding hydrogens is 306 g/mol. The van der Waals surface area contributed by atoms with Gasteiger partial charge in [0.2, 0.25) is 0 Å². The number of amides is 1. The molecule has 0 radical (unpaired) electrons. The third kappa shape index (κ3) is 3.52. The predicted octanol–water partition coefficient (Wildman–Crippen LogP) is 4.51. The van der Waals surface area contributed by atoms with Crippen LogP contribution >= 0.6 is 24.2 Å². The summed E-state index contributed by atoms with van der Waals surface area (Å²) in [6.45, 7) is 3.75. The summed E-state index contributed by atoms with van der Waals surface area (Å²) >= 11 is 10.3. The van der Waals surface area contributed by atoms with Crippen molar-refractivity contribution in [3.05, 3.63) is 52.0 Å². The van der Waals surface area contributed by atoms with Gasteiger partial charge in [-0.25, -0.2) is 0 Å². The lowest BCUT2D eigenvalue weighted by Gasteiger charge is -2.13. The number of thiol groups is 1. The summed E-state index contributed by atoms with van der Waals surface area (Å²) in [4.78, 5) is 13.2. The van der Waals surface area contributed by atoms with Crippen LogP contribution in [0.1, 0.15) is 21.5 Å². The Morgan fingerprint density at radius 2 is 1.90 bits per heavy atom. The maximum Gasteiger partial charge on any atom is 0.256 e. The van der Waals surface area contributed by atoms with Gasteiger partial charge in [0, 0.05) is 21.5 Å². The second-order valence-corrected chi connectivity index (χ2v) is 5.68. The standard InChI is InChI=1S/C16H16ClNO2S/c1-9-4-5-11(21)7-12(9)16(19)18-14-6-10(2)13(17)8-15(14)20-3/h4-8,21H,1-3H3,(H,18,19). The van der Waals surface area contributed by atoms with E-state index in [0.29, 0.717) is 22.0 Å². The number of hydrogen-bond donors (Lipinski definition) is 2. The van der Waals surface area contributed by atoms with Crippen molar-refractivity contribution in [2.75, 3.05) is 12.4 Å². The van der Waals surface area contributed by atoms with Crippen LogP contribution in [0.2, 0.25) is 5.02 Å². The van der Waals surface area contributed by atoms with Crippen molar-refractivity contribution in [3.63, 3.8) is 0 Å². The van der Waals surface area contributed by atoms with Gasteiger partial charge >= 0.3 is 0 Å². The summed E-state index contributed by atoms with van der Waals surface area (Å²) in [5.41, 5.74) is 2.92. The molecule has 0 saturated carbocycles. The van der Waals surface area contributed by atoms with Gasteiger partial charge in [0.05, 0.1) is 12.8 Å². The normalized spacial score (nSPS) is 10.3. The molecule has 0 fully saturated rings. The van der Waals surface area contributed by atoms with E-state index in [-0.39, 0.29) is 5.91 Å². The van der Waals surface area contributed by atoms with Crippen LogP contribution in [-0.4, -0.2) is 13.0 Å². The van der Waals surface area contributed by atoms with E-state index in [0.717, 1.165) is 16.0 Å². The molecule has 2 aromatic rings. The molecule has 1 amide bonds. The molecule has 0 aliphatic carbocycles. The summed E-state index contributed by atoms with van der Waals surface area (Å²) in [5.74, 6) is 0.321. The number of hydrogen-bond acceptors (Lipinski definition) is 3. The summed E-state index contributed by atoms with van der Waals surface area (Å²) < 4.78 is 5.26. The molecule has 110 valence electrons. The van der Waals surface area contributed by atoms with Gasteiger partial charge in [-0.2, -0.15) is 0 Å². The molecular formula is C16H16ClNO2S. The number of anilines is 1. The zero-order valence-corrected chi connectivity index (χ0v) is 13.7. The summed E-state index contributed by atoms with van der Waals surface area (Å²) in [7, 11) is 1.54. The van der Waals surface area contributed by atoms with Crippen molar-refractivity contribution in [2.24, 2.45) is 0 Å². The van der Waals surface area contributed by atoms with Crippen molar-refractivity contribution in [1.29, 1.82) is 0 Å². The van der Waals surface area contributed by atoms with Crippen LogP contribution in [0.3, 0.4) is 0 Å². The Bertz CT molecular complexity index is 701. The first-order chi connectivity index (χ1) is 9.92. The highest BCUT2D eigenvalue weighted by atomic mass is 35.5. The summed E-state index contributed by atoms with van der Waals surface area (Å²) in [6.07, 6.45) is 0. The molecule has 3 nitrogen and oxygen atoms in total. The first kappa shape index (κ1) is 15.7. The number of rotatable bonds is 3. The zero-order valence-electron chi connectivity index (χ0n) is 12.0. The first-order valence-electron chi connectivity index (χ1n) is 6.37. The van der Waals surface area contributed by atoms with Crippen LogP contribution in [0, 0.1) is 13.8 Å². The summed E-state index contributed by atoms with van der Waals surface area (Å²) in [6, 6.07) is 8.93.